The Bertz CT molecular complexity index is 893. The van der Waals surface area contributed by atoms with Crippen molar-refractivity contribution in [2.24, 2.45) is 0 Å². The Balaban J connectivity index is 1.51. The molecule has 5 heteroatoms. The molecule has 130 valence electrons. The molecule has 0 aliphatic heterocycles. The Hall–Kier alpha value is -3.60. The maximum Gasteiger partial charge on any atom is 0.323 e. The van der Waals surface area contributed by atoms with Crippen molar-refractivity contribution in [2.75, 3.05) is 5.32 Å². The maximum atomic E-state index is 13.1. The van der Waals surface area contributed by atoms with Crippen LogP contribution in [0.25, 0.3) is 6.08 Å². The minimum Gasteiger partial charge on any atom is -0.457 e. The molecule has 0 radical (unpaired) electrons. The van der Waals surface area contributed by atoms with E-state index in [1.165, 1.54) is 18.3 Å². The van der Waals surface area contributed by atoms with Gasteiger partial charge in [0.15, 0.2) is 0 Å². The average molecular weight is 348 g/mol. The van der Waals surface area contributed by atoms with Gasteiger partial charge in [0.05, 0.1) is 0 Å². The molecule has 26 heavy (non-hydrogen) atoms. The molecule has 0 bridgehead atoms. The number of carbonyl (C=O) groups is 1. The van der Waals surface area contributed by atoms with Crippen molar-refractivity contribution in [2.45, 2.75) is 0 Å². The molecule has 2 N–H and O–H groups in total. The zero-order valence-corrected chi connectivity index (χ0v) is 13.9. The van der Waals surface area contributed by atoms with Gasteiger partial charge in [0, 0.05) is 11.9 Å². The number of hydrogen-bond donors (Lipinski definition) is 2. The highest BCUT2D eigenvalue weighted by molar-refractivity contribution is 5.90. The number of nitrogens with one attached hydrogen (secondary N) is 2. The molecule has 4 nitrogen and oxygen atoms in total. The predicted octanol–water partition coefficient (Wildman–Crippen LogP) is 5.41. The van der Waals surface area contributed by atoms with E-state index in [0.717, 1.165) is 5.75 Å². The summed E-state index contributed by atoms with van der Waals surface area (Å²) in [6.07, 6.45) is 3.07. The second kappa shape index (κ2) is 8.48. The first-order chi connectivity index (χ1) is 12.7. The lowest BCUT2D eigenvalue weighted by atomic mass is 10.2. The summed E-state index contributed by atoms with van der Waals surface area (Å²) in [5.74, 6) is 1.09. The maximum absolute atomic E-state index is 13.1. The van der Waals surface area contributed by atoms with E-state index < -0.39 is 6.03 Å². The van der Waals surface area contributed by atoms with Crippen molar-refractivity contribution in [3.63, 3.8) is 0 Å². The van der Waals surface area contributed by atoms with Gasteiger partial charge in [-0.3, -0.25) is 0 Å². The number of urea groups is 1. The Morgan fingerprint density at radius 2 is 1.62 bits per heavy atom. The summed E-state index contributed by atoms with van der Waals surface area (Å²) in [7, 11) is 0. The van der Waals surface area contributed by atoms with Crippen molar-refractivity contribution >= 4 is 17.8 Å². The van der Waals surface area contributed by atoms with Gasteiger partial charge in [0.25, 0.3) is 0 Å². The minimum absolute atomic E-state index is 0.325. The molecule has 0 atom stereocenters. The summed E-state index contributed by atoms with van der Waals surface area (Å²) in [4.78, 5) is 11.9. The number of hydrogen-bond acceptors (Lipinski definition) is 2. The second-order valence-electron chi connectivity index (χ2n) is 5.43. The highest BCUT2D eigenvalue weighted by atomic mass is 19.1. The summed E-state index contributed by atoms with van der Waals surface area (Å²) in [5.41, 5.74) is 1.29. The van der Waals surface area contributed by atoms with Crippen LogP contribution in [-0.4, -0.2) is 6.03 Å². The third kappa shape index (κ3) is 5.21. The number of rotatable bonds is 5. The van der Waals surface area contributed by atoms with Gasteiger partial charge in [-0.25, -0.2) is 9.18 Å². The van der Waals surface area contributed by atoms with Crippen molar-refractivity contribution in [1.82, 2.24) is 5.32 Å². The lowest BCUT2D eigenvalue weighted by Gasteiger charge is -2.08. The van der Waals surface area contributed by atoms with Crippen molar-refractivity contribution in [1.29, 1.82) is 0 Å². The first kappa shape index (κ1) is 17.2. The molecular formula is C21H17FN2O2. The lowest BCUT2D eigenvalue weighted by Crippen LogP contribution is -2.23. The molecule has 2 amide bonds. The van der Waals surface area contributed by atoms with E-state index in [-0.39, 0.29) is 5.82 Å². The Morgan fingerprint density at radius 3 is 2.35 bits per heavy atom. The number of carbonyl (C=O) groups excluding carboxylic acids is 1. The number of anilines is 1. The molecule has 0 aliphatic rings. The van der Waals surface area contributed by atoms with Gasteiger partial charge < -0.3 is 15.4 Å². The van der Waals surface area contributed by atoms with Crippen LogP contribution in [0, 0.1) is 5.82 Å². The zero-order valence-electron chi connectivity index (χ0n) is 13.9. The molecule has 0 fully saturated rings. The van der Waals surface area contributed by atoms with Crippen LogP contribution >= 0.6 is 0 Å². The molecule has 0 spiro atoms. The van der Waals surface area contributed by atoms with Gasteiger partial charge in [0.2, 0.25) is 0 Å². The van der Waals surface area contributed by atoms with Crippen LogP contribution < -0.4 is 15.4 Å². The quantitative estimate of drug-likeness (QED) is 0.648. The van der Waals surface area contributed by atoms with Crippen LogP contribution in [0.3, 0.4) is 0 Å². The average Bonchev–Trinajstić information content (AvgIpc) is 2.64. The van der Waals surface area contributed by atoms with E-state index in [1.807, 2.05) is 30.3 Å². The van der Waals surface area contributed by atoms with Gasteiger partial charge >= 0.3 is 6.03 Å². The summed E-state index contributed by atoms with van der Waals surface area (Å²) in [6.45, 7) is 0. The summed E-state index contributed by atoms with van der Waals surface area (Å²) < 4.78 is 18.8. The topological polar surface area (TPSA) is 50.4 Å². The number of halogens is 1. The molecule has 0 heterocycles. The minimum atomic E-state index is -0.394. The molecule has 3 aromatic rings. The molecule has 0 saturated carbocycles. The molecule has 0 aliphatic carbocycles. The number of para-hydroxylation sites is 1. The second-order valence-corrected chi connectivity index (χ2v) is 5.43. The highest BCUT2D eigenvalue weighted by Gasteiger charge is 2.01. The van der Waals surface area contributed by atoms with Crippen molar-refractivity contribution < 1.29 is 13.9 Å². The standard InChI is InChI=1S/C21H17FN2O2/c22-17-6-4-5-16(15-17)13-14-23-21(25)24-18-9-11-20(12-10-18)26-19-7-2-1-3-8-19/h1-15H,(H2,23,24,25)/b14-13+. The summed E-state index contributed by atoms with van der Waals surface area (Å²) in [6, 6.07) is 22.2. The summed E-state index contributed by atoms with van der Waals surface area (Å²) in [5, 5.41) is 5.27. The molecule has 3 aromatic carbocycles. The molecule has 3 rings (SSSR count). The third-order valence-corrected chi connectivity index (χ3v) is 3.43. The monoisotopic (exact) mass is 348 g/mol. The fraction of sp³-hybridized carbons (Fsp3) is 0. The smallest absolute Gasteiger partial charge is 0.323 e. The number of benzene rings is 3. The van der Waals surface area contributed by atoms with Gasteiger partial charge in [-0.05, 0) is 60.2 Å². The lowest BCUT2D eigenvalue weighted by molar-refractivity contribution is 0.255. The molecular weight excluding hydrogens is 331 g/mol. The van der Waals surface area contributed by atoms with Crippen LogP contribution in [0.5, 0.6) is 11.5 Å². The first-order valence-electron chi connectivity index (χ1n) is 8.02. The SMILES string of the molecule is O=C(N/C=C/c1cccc(F)c1)Nc1ccc(Oc2ccccc2)cc1. The van der Waals surface area contributed by atoms with E-state index in [1.54, 1.807) is 42.5 Å². The molecule has 0 saturated heterocycles. The number of amides is 2. The van der Waals surface area contributed by atoms with E-state index in [2.05, 4.69) is 10.6 Å². The van der Waals surface area contributed by atoms with E-state index in [4.69, 9.17) is 4.74 Å². The van der Waals surface area contributed by atoms with Crippen LogP contribution in [0.2, 0.25) is 0 Å². The first-order valence-corrected chi connectivity index (χ1v) is 8.02. The fourth-order valence-corrected chi connectivity index (χ4v) is 2.22. The fourth-order valence-electron chi connectivity index (χ4n) is 2.22. The van der Waals surface area contributed by atoms with Crippen molar-refractivity contribution in [3.05, 3.63) is 96.4 Å². The van der Waals surface area contributed by atoms with E-state index >= 15 is 0 Å². The third-order valence-electron chi connectivity index (χ3n) is 3.43. The largest absolute Gasteiger partial charge is 0.457 e. The summed E-state index contributed by atoms with van der Waals surface area (Å²) >= 11 is 0. The van der Waals surface area contributed by atoms with Crippen LogP contribution in [0.15, 0.2) is 85.1 Å². The Kier molecular flexibility index (Phi) is 5.62. The van der Waals surface area contributed by atoms with Crippen LogP contribution in [0.4, 0.5) is 14.9 Å². The highest BCUT2D eigenvalue weighted by Crippen LogP contribution is 2.22. The van der Waals surface area contributed by atoms with Crippen LogP contribution in [-0.2, 0) is 0 Å². The molecule has 0 aromatic heterocycles. The predicted molar refractivity (Wildman–Crippen MR) is 101 cm³/mol. The Morgan fingerprint density at radius 1 is 0.885 bits per heavy atom. The zero-order chi connectivity index (χ0) is 18.2. The van der Waals surface area contributed by atoms with E-state index in [0.29, 0.717) is 17.0 Å². The van der Waals surface area contributed by atoms with E-state index in [9.17, 15) is 9.18 Å². The van der Waals surface area contributed by atoms with Gasteiger partial charge in [-0.15, -0.1) is 0 Å². The van der Waals surface area contributed by atoms with Crippen LogP contribution in [0.1, 0.15) is 5.56 Å². The van der Waals surface area contributed by atoms with Gasteiger partial charge in [-0.1, -0.05) is 30.3 Å². The Labute approximate surface area is 150 Å². The molecule has 0 unspecified atom stereocenters. The van der Waals surface area contributed by atoms with Crippen molar-refractivity contribution in [3.8, 4) is 11.5 Å². The van der Waals surface area contributed by atoms with Gasteiger partial charge in [-0.2, -0.15) is 0 Å². The number of ether oxygens (including phenoxy) is 1. The van der Waals surface area contributed by atoms with Gasteiger partial charge in [0.1, 0.15) is 17.3 Å². The normalized spacial score (nSPS) is 10.5.